The quantitative estimate of drug-likeness (QED) is 0.613. The highest BCUT2D eigenvalue weighted by Gasteiger charge is 2.03. The van der Waals surface area contributed by atoms with Gasteiger partial charge >= 0.3 is 6.03 Å². The van der Waals surface area contributed by atoms with Crippen molar-refractivity contribution >= 4 is 16.9 Å². The molecule has 0 saturated heterocycles. The molecule has 5 heteroatoms. The van der Waals surface area contributed by atoms with E-state index in [0.29, 0.717) is 13.1 Å². The van der Waals surface area contributed by atoms with Crippen molar-refractivity contribution in [2.75, 3.05) is 6.54 Å². The maximum Gasteiger partial charge on any atom is 0.315 e. The number of nitrogens with zero attached hydrogens (tertiary/aromatic N) is 1. The first-order valence-corrected chi connectivity index (χ1v) is 7.78. The Kier molecular flexibility index (Phi) is 4.88. The number of H-pyrrole nitrogens is 1. The van der Waals surface area contributed by atoms with Crippen LogP contribution in [0.15, 0.2) is 55.0 Å². The molecular formula is C18H20N4O. The summed E-state index contributed by atoms with van der Waals surface area (Å²) in [6.45, 7) is 1.14. The number of hydrogen-bond acceptors (Lipinski definition) is 2. The van der Waals surface area contributed by atoms with E-state index in [1.54, 1.807) is 12.4 Å². The summed E-state index contributed by atoms with van der Waals surface area (Å²) in [4.78, 5) is 19.0. The van der Waals surface area contributed by atoms with Crippen molar-refractivity contribution in [2.45, 2.75) is 19.4 Å². The molecule has 0 aliphatic carbocycles. The van der Waals surface area contributed by atoms with Crippen molar-refractivity contribution in [3.05, 3.63) is 66.1 Å². The maximum atomic E-state index is 11.7. The van der Waals surface area contributed by atoms with Gasteiger partial charge in [0.05, 0.1) is 0 Å². The first kappa shape index (κ1) is 15.1. The third-order valence-electron chi connectivity index (χ3n) is 3.76. The Labute approximate surface area is 135 Å². The first-order valence-electron chi connectivity index (χ1n) is 7.78. The standard InChI is InChI=1S/C18H20N4O/c23-18(22-12-14-5-3-9-19-11-14)20-10-4-6-15-13-21-17-8-2-1-7-16(15)17/h1-3,5,7-9,11,13,21H,4,6,10,12H2,(H2,20,22,23). The molecule has 0 unspecified atom stereocenters. The molecule has 0 bridgehead atoms. The van der Waals surface area contributed by atoms with E-state index in [0.717, 1.165) is 23.9 Å². The van der Waals surface area contributed by atoms with Gasteiger partial charge in [0, 0.05) is 42.6 Å². The van der Waals surface area contributed by atoms with Gasteiger partial charge in [0.25, 0.3) is 0 Å². The van der Waals surface area contributed by atoms with E-state index in [2.05, 4.69) is 32.7 Å². The fourth-order valence-electron chi connectivity index (χ4n) is 2.57. The second kappa shape index (κ2) is 7.45. The Morgan fingerprint density at radius 3 is 2.91 bits per heavy atom. The van der Waals surface area contributed by atoms with Crippen LogP contribution in [0.5, 0.6) is 0 Å². The fourth-order valence-corrected chi connectivity index (χ4v) is 2.57. The zero-order valence-electron chi connectivity index (χ0n) is 12.9. The first-order chi connectivity index (χ1) is 11.3. The van der Waals surface area contributed by atoms with E-state index in [4.69, 9.17) is 0 Å². The number of carbonyl (C=O) groups excluding carboxylic acids is 1. The SMILES string of the molecule is O=C(NCCCc1c[nH]c2ccccc12)NCc1cccnc1. The molecule has 3 rings (SSSR count). The molecule has 0 fully saturated rings. The Bertz CT molecular complexity index is 767. The summed E-state index contributed by atoms with van der Waals surface area (Å²) in [5.41, 5.74) is 3.43. The number of pyridine rings is 1. The lowest BCUT2D eigenvalue weighted by atomic mass is 10.1. The topological polar surface area (TPSA) is 69.8 Å². The van der Waals surface area contributed by atoms with Crippen LogP contribution in [0, 0.1) is 0 Å². The van der Waals surface area contributed by atoms with Gasteiger partial charge in [0.15, 0.2) is 0 Å². The maximum absolute atomic E-state index is 11.7. The number of amides is 2. The molecule has 0 spiro atoms. The van der Waals surface area contributed by atoms with Gasteiger partial charge in [-0.05, 0) is 36.1 Å². The second-order valence-electron chi connectivity index (χ2n) is 5.43. The zero-order valence-corrected chi connectivity index (χ0v) is 12.9. The van der Waals surface area contributed by atoms with E-state index in [1.165, 1.54) is 10.9 Å². The summed E-state index contributed by atoms with van der Waals surface area (Å²) in [5, 5.41) is 6.97. The summed E-state index contributed by atoms with van der Waals surface area (Å²) in [7, 11) is 0. The van der Waals surface area contributed by atoms with Crippen molar-refractivity contribution in [3.8, 4) is 0 Å². The number of para-hydroxylation sites is 1. The monoisotopic (exact) mass is 308 g/mol. The van der Waals surface area contributed by atoms with Gasteiger partial charge in [-0.25, -0.2) is 4.79 Å². The van der Waals surface area contributed by atoms with Crippen molar-refractivity contribution in [1.29, 1.82) is 0 Å². The normalized spacial score (nSPS) is 10.6. The lowest BCUT2D eigenvalue weighted by molar-refractivity contribution is 0.240. The van der Waals surface area contributed by atoms with Gasteiger partial charge in [0.1, 0.15) is 0 Å². The predicted octanol–water partition coefficient (Wildman–Crippen LogP) is 2.99. The molecule has 3 aromatic rings. The third kappa shape index (κ3) is 4.10. The number of hydrogen-bond donors (Lipinski definition) is 3. The molecule has 118 valence electrons. The highest BCUT2D eigenvalue weighted by molar-refractivity contribution is 5.83. The number of benzene rings is 1. The zero-order chi connectivity index (χ0) is 15.9. The molecule has 3 N–H and O–H groups in total. The van der Waals surface area contributed by atoms with E-state index in [1.807, 2.05) is 30.5 Å². The molecule has 0 saturated carbocycles. The minimum absolute atomic E-state index is 0.146. The summed E-state index contributed by atoms with van der Waals surface area (Å²) < 4.78 is 0. The number of aromatic nitrogens is 2. The van der Waals surface area contributed by atoms with E-state index >= 15 is 0 Å². The Hall–Kier alpha value is -2.82. The van der Waals surface area contributed by atoms with Crippen LogP contribution in [0.25, 0.3) is 10.9 Å². The van der Waals surface area contributed by atoms with Crippen molar-refractivity contribution in [2.24, 2.45) is 0 Å². The Morgan fingerprint density at radius 1 is 1.13 bits per heavy atom. The van der Waals surface area contributed by atoms with Crippen LogP contribution in [-0.4, -0.2) is 22.5 Å². The number of nitrogens with one attached hydrogen (secondary N) is 3. The summed E-state index contributed by atoms with van der Waals surface area (Å²) in [6.07, 6.45) is 7.35. The number of aromatic amines is 1. The van der Waals surface area contributed by atoms with Crippen LogP contribution in [0.4, 0.5) is 4.79 Å². The van der Waals surface area contributed by atoms with Gasteiger partial charge in [-0.15, -0.1) is 0 Å². The van der Waals surface area contributed by atoms with Crippen LogP contribution in [0.2, 0.25) is 0 Å². The average molecular weight is 308 g/mol. The van der Waals surface area contributed by atoms with E-state index < -0.39 is 0 Å². The molecule has 23 heavy (non-hydrogen) atoms. The highest BCUT2D eigenvalue weighted by atomic mass is 16.2. The molecule has 1 aromatic carbocycles. The highest BCUT2D eigenvalue weighted by Crippen LogP contribution is 2.18. The number of rotatable bonds is 6. The summed E-state index contributed by atoms with van der Waals surface area (Å²) in [5.74, 6) is 0. The smallest absolute Gasteiger partial charge is 0.315 e. The van der Waals surface area contributed by atoms with Crippen molar-refractivity contribution in [3.63, 3.8) is 0 Å². The number of urea groups is 1. The largest absolute Gasteiger partial charge is 0.361 e. The van der Waals surface area contributed by atoms with Crippen LogP contribution >= 0.6 is 0 Å². The molecule has 2 aromatic heterocycles. The van der Waals surface area contributed by atoms with Gasteiger partial charge in [-0.1, -0.05) is 24.3 Å². The summed E-state index contributed by atoms with van der Waals surface area (Å²) in [6, 6.07) is 11.9. The van der Waals surface area contributed by atoms with Crippen LogP contribution in [0.3, 0.4) is 0 Å². The van der Waals surface area contributed by atoms with Crippen LogP contribution < -0.4 is 10.6 Å². The molecule has 5 nitrogen and oxygen atoms in total. The van der Waals surface area contributed by atoms with Crippen LogP contribution in [-0.2, 0) is 13.0 Å². The number of aryl methyl sites for hydroxylation is 1. The van der Waals surface area contributed by atoms with Gasteiger partial charge in [-0.3, -0.25) is 4.98 Å². The third-order valence-corrected chi connectivity index (χ3v) is 3.76. The second-order valence-corrected chi connectivity index (χ2v) is 5.43. The predicted molar refractivity (Wildman–Crippen MR) is 91.1 cm³/mol. The fraction of sp³-hybridized carbons (Fsp3) is 0.222. The summed E-state index contributed by atoms with van der Waals surface area (Å²) >= 11 is 0. The van der Waals surface area contributed by atoms with E-state index in [9.17, 15) is 4.79 Å². The number of carbonyl (C=O) groups is 1. The minimum atomic E-state index is -0.146. The minimum Gasteiger partial charge on any atom is -0.361 e. The van der Waals surface area contributed by atoms with Crippen molar-refractivity contribution < 1.29 is 4.79 Å². The van der Waals surface area contributed by atoms with Gasteiger partial charge < -0.3 is 15.6 Å². The molecule has 2 amide bonds. The van der Waals surface area contributed by atoms with Crippen LogP contribution in [0.1, 0.15) is 17.5 Å². The average Bonchev–Trinajstić information content (AvgIpc) is 3.01. The molecule has 0 radical (unpaired) electrons. The Morgan fingerprint density at radius 2 is 2.04 bits per heavy atom. The van der Waals surface area contributed by atoms with Gasteiger partial charge in [0.2, 0.25) is 0 Å². The Balaban J connectivity index is 1.39. The molecule has 0 aliphatic rings. The molecule has 2 heterocycles. The van der Waals surface area contributed by atoms with Crippen molar-refractivity contribution in [1.82, 2.24) is 20.6 Å². The molecular weight excluding hydrogens is 288 g/mol. The molecule has 0 atom stereocenters. The molecule has 0 aliphatic heterocycles. The van der Waals surface area contributed by atoms with E-state index in [-0.39, 0.29) is 6.03 Å². The lowest BCUT2D eigenvalue weighted by Gasteiger charge is -2.07. The lowest BCUT2D eigenvalue weighted by Crippen LogP contribution is -2.35. The van der Waals surface area contributed by atoms with Gasteiger partial charge in [-0.2, -0.15) is 0 Å². The number of fused-ring (bicyclic) bond motifs is 1.